The molecular formula is C15H20N2O2. The summed E-state index contributed by atoms with van der Waals surface area (Å²) in [6.45, 7) is 6.75. The lowest BCUT2D eigenvalue weighted by Crippen LogP contribution is -2.26. The van der Waals surface area contributed by atoms with E-state index in [-0.39, 0.29) is 5.56 Å². The topological polar surface area (TPSA) is 45.3 Å². The molecule has 0 fully saturated rings. The van der Waals surface area contributed by atoms with Crippen molar-refractivity contribution in [2.45, 2.75) is 20.4 Å². The minimum atomic E-state index is -0.00966. The Bertz CT molecular complexity index is 615. The Labute approximate surface area is 113 Å². The molecule has 2 rings (SSSR count). The lowest BCUT2D eigenvalue weighted by Gasteiger charge is -2.17. The molecule has 19 heavy (non-hydrogen) atoms. The average Bonchev–Trinajstić information content (AvgIpc) is 2.44. The van der Waals surface area contributed by atoms with E-state index in [9.17, 15) is 4.79 Å². The van der Waals surface area contributed by atoms with Crippen LogP contribution in [0.4, 0.5) is 0 Å². The van der Waals surface area contributed by atoms with E-state index < -0.39 is 0 Å². The fraction of sp³-hybridized carbons (Fsp3) is 0.400. The van der Waals surface area contributed by atoms with Gasteiger partial charge in [0.2, 0.25) is 0 Å². The molecule has 0 atom stereocenters. The van der Waals surface area contributed by atoms with Gasteiger partial charge in [-0.25, -0.2) is 0 Å². The second-order valence-corrected chi connectivity index (χ2v) is 4.54. The van der Waals surface area contributed by atoms with Crippen LogP contribution in [0.15, 0.2) is 29.1 Å². The number of nitrogens with one attached hydrogen (secondary N) is 1. The van der Waals surface area contributed by atoms with Crippen molar-refractivity contribution in [1.29, 1.82) is 0 Å². The van der Waals surface area contributed by atoms with E-state index in [1.807, 2.05) is 24.3 Å². The Morgan fingerprint density at radius 1 is 1.21 bits per heavy atom. The minimum Gasteiger partial charge on any atom is -0.497 e. The molecule has 0 aliphatic heterocycles. The van der Waals surface area contributed by atoms with Gasteiger partial charge in [-0.05, 0) is 37.4 Å². The van der Waals surface area contributed by atoms with Crippen LogP contribution in [0.2, 0.25) is 0 Å². The van der Waals surface area contributed by atoms with Gasteiger partial charge in [-0.3, -0.25) is 9.69 Å². The van der Waals surface area contributed by atoms with Crippen LogP contribution in [0.5, 0.6) is 5.75 Å². The number of rotatable bonds is 5. The Kier molecular flexibility index (Phi) is 4.22. The minimum absolute atomic E-state index is 0.00966. The van der Waals surface area contributed by atoms with Gasteiger partial charge < -0.3 is 9.72 Å². The lowest BCUT2D eigenvalue weighted by molar-refractivity contribution is 0.295. The zero-order chi connectivity index (χ0) is 13.8. The number of hydrogen-bond donors (Lipinski definition) is 1. The number of benzene rings is 1. The van der Waals surface area contributed by atoms with Gasteiger partial charge in [-0.1, -0.05) is 13.8 Å². The zero-order valence-corrected chi connectivity index (χ0v) is 11.7. The summed E-state index contributed by atoms with van der Waals surface area (Å²) in [6.07, 6.45) is 0. The van der Waals surface area contributed by atoms with E-state index in [1.54, 1.807) is 7.11 Å². The second kappa shape index (κ2) is 5.89. The zero-order valence-electron chi connectivity index (χ0n) is 11.7. The predicted octanol–water partition coefficient (Wildman–Crippen LogP) is 2.38. The van der Waals surface area contributed by atoms with Crippen LogP contribution >= 0.6 is 0 Å². The molecule has 0 spiro atoms. The van der Waals surface area contributed by atoms with Crippen LogP contribution < -0.4 is 10.3 Å². The average molecular weight is 260 g/mol. The molecule has 1 heterocycles. The van der Waals surface area contributed by atoms with E-state index >= 15 is 0 Å². The number of methoxy groups -OCH3 is 1. The second-order valence-electron chi connectivity index (χ2n) is 4.54. The predicted molar refractivity (Wildman–Crippen MR) is 77.7 cm³/mol. The molecule has 4 nitrogen and oxygen atoms in total. The number of fused-ring (bicyclic) bond motifs is 1. The smallest absolute Gasteiger partial charge is 0.252 e. The molecule has 0 saturated carbocycles. The number of nitrogens with zero attached hydrogens (tertiary/aromatic N) is 1. The van der Waals surface area contributed by atoms with Gasteiger partial charge in [0, 0.05) is 23.0 Å². The maximum Gasteiger partial charge on any atom is 0.252 e. The summed E-state index contributed by atoms with van der Waals surface area (Å²) in [5.74, 6) is 0.799. The van der Waals surface area contributed by atoms with Gasteiger partial charge in [-0.2, -0.15) is 0 Å². The standard InChI is InChI=1S/C15H20N2O2/c1-4-17(5-2)10-12-8-11-9-13(19-3)6-7-14(11)16-15(12)18/h6-9H,4-5,10H2,1-3H3,(H,16,18). The Hall–Kier alpha value is -1.81. The molecule has 1 aromatic carbocycles. The molecule has 0 radical (unpaired) electrons. The highest BCUT2D eigenvalue weighted by Crippen LogP contribution is 2.19. The maximum absolute atomic E-state index is 12.0. The van der Waals surface area contributed by atoms with Crippen LogP contribution in [0.25, 0.3) is 10.9 Å². The molecule has 0 bridgehead atoms. The Balaban J connectivity index is 2.44. The van der Waals surface area contributed by atoms with Crippen molar-refractivity contribution >= 4 is 10.9 Å². The van der Waals surface area contributed by atoms with Crippen LogP contribution in [0, 0.1) is 0 Å². The van der Waals surface area contributed by atoms with Gasteiger partial charge in [0.15, 0.2) is 0 Å². The summed E-state index contributed by atoms with van der Waals surface area (Å²) in [7, 11) is 1.64. The van der Waals surface area contributed by atoms with Crippen LogP contribution in [0.3, 0.4) is 0 Å². The number of aromatic amines is 1. The molecule has 102 valence electrons. The molecule has 0 amide bonds. The van der Waals surface area contributed by atoms with E-state index in [2.05, 4.69) is 23.7 Å². The third-order valence-electron chi connectivity index (χ3n) is 3.42. The molecule has 0 aliphatic carbocycles. The van der Waals surface area contributed by atoms with Crippen molar-refractivity contribution < 1.29 is 4.74 Å². The molecule has 0 aliphatic rings. The number of pyridine rings is 1. The first-order valence-electron chi connectivity index (χ1n) is 6.60. The fourth-order valence-corrected chi connectivity index (χ4v) is 2.16. The van der Waals surface area contributed by atoms with Gasteiger partial charge in [0.25, 0.3) is 5.56 Å². The fourth-order valence-electron chi connectivity index (χ4n) is 2.16. The highest BCUT2D eigenvalue weighted by Gasteiger charge is 2.07. The van der Waals surface area contributed by atoms with E-state index in [0.29, 0.717) is 6.54 Å². The summed E-state index contributed by atoms with van der Waals surface area (Å²) in [6, 6.07) is 7.62. The summed E-state index contributed by atoms with van der Waals surface area (Å²) in [4.78, 5) is 17.2. The molecule has 2 aromatic rings. The van der Waals surface area contributed by atoms with Crippen molar-refractivity contribution in [2.24, 2.45) is 0 Å². The normalized spacial score (nSPS) is 11.2. The number of hydrogen-bond acceptors (Lipinski definition) is 3. The highest BCUT2D eigenvalue weighted by molar-refractivity contribution is 5.80. The van der Waals surface area contributed by atoms with E-state index in [4.69, 9.17) is 4.74 Å². The summed E-state index contributed by atoms with van der Waals surface area (Å²) >= 11 is 0. The largest absolute Gasteiger partial charge is 0.497 e. The van der Waals surface area contributed by atoms with Crippen LogP contribution in [0.1, 0.15) is 19.4 Å². The lowest BCUT2D eigenvalue weighted by atomic mass is 10.1. The molecule has 1 aromatic heterocycles. The maximum atomic E-state index is 12.0. The van der Waals surface area contributed by atoms with Crippen LogP contribution in [-0.4, -0.2) is 30.1 Å². The third kappa shape index (κ3) is 2.96. The Morgan fingerprint density at radius 2 is 1.95 bits per heavy atom. The van der Waals surface area contributed by atoms with Crippen molar-refractivity contribution in [3.05, 3.63) is 40.2 Å². The van der Waals surface area contributed by atoms with E-state index in [1.165, 1.54) is 0 Å². The first kappa shape index (κ1) is 13.6. The highest BCUT2D eigenvalue weighted by atomic mass is 16.5. The molecule has 1 N–H and O–H groups in total. The van der Waals surface area contributed by atoms with Gasteiger partial charge in [-0.15, -0.1) is 0 Å². The molecule has 0 unspecified atom stereocenters. The van der Waals surface area contributed by atoms with Gasteiger partial charge in [0.1, 0.15) is 5.75 Å². The molecule has 0 saturated heterocycles. The SMILES string of the molecule is CCN(CC)Cc1cc2cc(OC)ccc2[nH]c1=O. The quantitative estimate of drug-likeness (QED) is 0.897. The van der Waals surface area contributed by atoms with Crippen molar-refractivity contribution in [3.8, 4) is 5.75 Å². The summed E-state index contributed by atoms with van der Waals surface area (Å²) in [5, 5.41) is 1.00. The monoisotopic (exact) mass is 260 g/mol. The Morgan fingerprint density at radius 3 is 2.58 bits per heavy atom. The first-order chi connectivity index (χ1) is 9.17. The van der Waals surface area contributed by atoms with E-state index in [0.717, 1.165) is 35.3 Å². The van der Waals surface area contributed by atoms with Crippen molar-refractivity contribution in [1.82, 2.24) is 9.88 Å². The summed E-state index contributed by atoms with van der Waals surface area (Å²) in [5.41, 5.74) is 1.63. The molecular weight excluding hydrogens is 240 g/mol. The number of H-pyrrole nitrogens is 1. The van der Waals surface area contributed by atoms with Gasteiger partial charge >= 0.3 is 0 Å². The van der Waals surface area contributed by atoms with Crippen molar-refractivity contribution in [2.75, 3.05) is 20.2 Å². The molecule has 4 heteroatoms. The van der Waals surface area contributed by atoms with Crippen LogP contribution in [-0.2, 0) is 6.54 Å². The number of aromatic nitrogens is 1. The first-order valence-corrected chi connectivity index (χ1v) is 6.60. The number of ether oxygens (including phenoxy) is 1. The summed E-state index contributed by atoms with van der Waals surface area (Å²) < 4.78 is 5.21. The third-order valence-corrected chi connectivity index (χ3v) is 3.42. The van der Waals surface area contributed by atoms with Crippen molar-refractivity contribution in [3.63, 3.8) is 0 Å². The van der Waals surface area contributed by atoms with Gasteiger partial charge in [0.05, 0.1) is 7.11 Å².